The van der Waals surface area contributed by atoms with Crippen LogP contribution in [0.25, 0.3) is 11.1 Å². The fourth-order valence-corrected chi connectivity index (χ4v) is 1.66. The normalized spacial score (nSPS) is 9.94. The predicted molar refractivity (Wildman–Crippen MR) is 61.9 cm³/mol. The zero-order chi connectivity index (χ0) is 12.4. The van der Waals surface area contributed by atoms with E-state index >= 15 is 0 Å². The summed E-state index contributed by atoms with van der Waals surface area (Å²) in [7, 11) is 0. The Morgan fingerprint density at radius 1 is 1.29 bits per heavy atom. The van der Waals surface area contributed by atoms with Gasteiger partial charge in [-0.25, -0.2) is 4.39 Å². The van der Waals surface area contributed by atoms with Gasteiger partial charge in [0.2, 0.25) is 0 Å². The zero-order valence-electron chi connectivity index (χ0n) is 9.12. The molecule has 0 spiro atoms. The largest absolute Gasteiger partial charge is 0.325 e. The maximum absolute atomic E-state index is 12.8. The third kappa shape index (κ3) is 2.08. The van der Waals surface area contributed by atoms with Crippen molar-refractivity contribution in [3.8, 4) is 17.2 Å². The number of hydrogen-bond donors (Lipinski definition) is 1. The SMILES string of the molecule is Cc1cc(-c2ccc(F)cc2)c(C#N)c(=O)[nH]1. The van der Waals surface area contributed by atoms with Crippen molar-refractivity contribution in [2.24, 2.45) is 0 Å². The average molecular weight is 228 g/mol. The molecule has 0 amide bonds. The number of aromatic nitrogens is 1. The maximum atomic E-state index is 12.8. The second-order valence-corrected chi connectivity index (χ2v) is 3.69. The number of pyridine rings is 1. The number of hydrogen-bond acceptors (Lipinski definition) is 2. The Balaban J connectivity index is 2.71. The topological polar surface area (TPSA) is 56.6 Å². The molecule has 1 heterocycles. The van der Waals surface area contributed by atoms with Crippen molar-refractivity contribution in [3.63, 3.8) is 0 Å². The lowest BCUT2D eigenvalue weighted by molar-refractivity contribution is 0.628. The number of aromatic amines is 1. The summed E-state index contributed by atoms with van der Waals surface area (Å²) in [4.78, 5) is 14.1. The molecule has 1 aromatic heterocycles. The van der Waals surface area contributed by atoms with E-state index in [0.717, 1.165) is 0 Å². The molecule has 0 bridgehead atoms. The fraction of sp³-hybridized carbons (Fsp3) is 0.0769. The van der Waals surface area contributed by atoms with Crippen LogP contribution >= 0.6 is 0 Å². The number of H-pyrrole nitrogens is 1. The van der Waals surface area contributed by atoms with E-state index in [9.17, 15) is 9.18 Å². The Hall–Kier alpha value is -2.41. The average Bonchev–Trinajstić information content (AvgIpc) is 2.29. The molecule has 2 aromatic rings. The Morgan fingerprint density at radius 2 is 1.94 bits per heavy atom. The molecule has 4 heteroatoms. The lowest BCUT2D eigenvalue weighted by atomic mass is 10.0. The summed E-state index contributed by atoms with van der Waals surface area (Å²) in [6.45, 7) is 1.73. The molecule has 1 aromatic carbocycles. The van der Waals surface area contributed by atoms with Gasteiger partial charge in [0.1, 0.15) is 17.4 Å². The number of nitrogens with one attached hydrogen (secondary N) is 1. The van der Waals surface area contributed by atoms with E-state index in [2.05, 4.69) is 4.98 Å². The maximum Gasteiger partial charge on any atom is 0.266 e. The molecule has 84 valence electrons. The summed E-state index contributed by atoms with van der Waals surface area (Å²) in [6.07, 6.45) is 0. The monoisotopic (exact) mass is 228 g/mol. The number of halogens is 1. The molecule has 0 unspecified atom stereocenters. The standard InChI is InChI=1S/C13H9FN2O/c1-8-6-11(12(7-15)13(17)16-8)9-2-4-10(14)5-3-9/h2-6H,1H3,(H,16,17). The first kappa shape index (κ1) is 11.1. The van der Waals surface area contributed by atoms with Gasteiger partial charge in [-0.2, -0.15) is 5.26 Å². The Bertz CT molecular complexity index is 651. The van der Waals surface area contributed by atoms with Crippen LogP contribution in [0.5, 0.6) is 0 Å². The molecular formula is C13H9FN2O. The van der Waals surface area contributed by atoms with E-state index in [1.165, 1.54) is 12.1 Å². The summed E-state index contributed by atoms with van der Waals surface area (Å²) in [5.74, 6) is -0.353. The molecule has 0 fully saturated rings. The molecule has 1 N–H and O–H groups in total. The van der Waals surface area contributed by atoms with Crippen LogP contribution in [0, 0.1) is 24.1 Å². The van der Waals surface area contributed by atoms with Crippen molar-refractivity contribution in [1.29, 1.82) is 5.26 Å². The van der Waals surface area contributed by atoms with E-state index in [1.54, 1.807) is 25.1 Å². The van der Waals surface area contributed by atoms with E-state index < -0.39 is 5.56 Å². The summed E-state index contributed by atoms with van der Waals surface area (Å²) in [5, 5.41) is 8.96. The van der Waals surface area contributed by atoms with Crippen LogP contribution in [0.2, 0.25) is 0 Å². The van der Waals surface area contributed by atoms with Gasteiger partial charge in [-0.3, -0.25) is 4.79 Å². The van der Waals surface area contributed by atoms with Crippen LogP contribution < -0.4 is 5.56 Å². The highest BCUT2D eigenvalue weighted by Crippen LogP contribution is 2.21. The molecule has 0 radical (unpaired) electrons. The summed E-state index contributed by atoms with van der Waals surface area (Å²) >= 11 is 0. The van der Waals surface area contributed by atoms with E-state index in [0.29, 0.717) is 16.8 Å². The Kier molecular flexibility index (Phi) is 2.75. The summed E-state index contributed by atoms with van der Waals surface area (Å²) < 4.78 is 12.8. The molecule has 3 nitrogen and oxygen atoms in total. The first-order valence-corrected chi connectivity index (χ1v) is 5.02. The second-order valence-electron chi connectivity index (χ2n) is 3.69. The molecular weight excluding hydrogens is 219 g/mol. The van der Waals surface area contributed by atoms with E-state index in [4.69, 9.17) is 5.26 Å². The summed E-state index contributed by atoms with van der Waals surface area (Å²) in [5.41, 5.74) is 1.45. The lowest BCUT2D eigenvalue weighted by Crippen LogP contribution is -2.12. The number of benzene rings is 1. The van der Waals surface area contributed by atoms with Crippen molar-refractivity contribution >= 4 is 0 Å². The molecule has 0 aliphatic carbocycles. The number of nitrogens with zero attached hydrogens (tertiary/aromatic N) is 1. The van der Waals surface area contributed by atoms with Gasteiger partial charge < -0.3 is 4.98 Å². The first-order valence-electron chi connectivity index (χ1n) is 5.02. The molecule has 0 atom stereocenters. The van der Waals surface area contributed by atoms with Crippen LogP contribution in [0.4, 0.5) is 4.39 Å². The van der Waals surface area contributed by atoms with Crippen molar-refractivity contribution in [2.75, 3.05) is 0 Å². The highest BCUT2D eigenvalue weighted by Gasteiger charge is 2.09. The zero-order valence-corrected chi connectivity index (χ0v) is 9.12. The van der Waals surface area contributed by atoms with Crippen molar-refractivity contribution in [3.05, 3.63) is 57.8 Å². The molecule has 17 heavy (non-hydrogen) atoms. The van der Waals surface area contributed by atoms with Crippen LogP contribution in [-0.2, 0) is 0 Å². The van der Waals surface area contributed by atoms with Gasteiger partial charge in [-0.05, 0) is 30.7 Å². The van der Waals surface area contributed by atoms with Crippen LogP contribution in [0.3, 0.4) is 0 Å². The highest BCUT2D eigenvalue weighted by molar-refractivity contribution is 5.70. The van der Waals surface area contributed by atoms with Gasteiger partial charge in [0.05, 0.1) is 0 Å². The molecule has 0 saturated heterocycles. The minimum Gasteiger partial charge on any atom is -0.325 e. The van der Waals surface area contributed by atoms with E-state index in [1.807, 2.05) is 6.07 Å². The van der Waals surface area contributed by atoms with Crippen molar-refractivity contribution in [1.82, 2.24) is 4.98 Å². The van der Waals surface area contributed by atoms with Crippen molar-refractivity contribution in [2.45, 2.75) is 6.92 Å². The summed E-state index contributed by atoms with van der Waals surface area (Å²) in [6, 6.07) is 9.26. The molecule has 0 aliphatic rings. The highest BCUT2D eigenvalue weighted by atomic mass is 19.1. The Labute approximate surface area is 97.2 Å². The smallest absolute Gasteiger partial charge is 0.266 e. The fourth-order valence-electron chi connectivity index (χ4n) is 1.66. The number of rotatable bonds is 1. The lowest BCUT2D eigenvalue weighted by Gasteiger charge is -2.04. The van der Waals surface area contributed by atoms with Gasteiger partial charge in [0, 0.05) is 11.3 Å². The first-order chi connectivity index (χ1) is 8.11. The van der Waals surface area contributed by atoms with Gasteiger partial charge in [0.15, 0.2) is 0 Å². The van der Waals surface area contributed by atoms with Crippen molar-refractivity contribution < 1.29 is 4.39 Å². The second kappa shape index (κ2) is 4.22. The molecule has 0 aliphatic heterocycles. The number of nitriles is 1. The van der Waals surface area contributed by atoms with Crippen LogP contribution in [-0.4, -0.2) is 4.98 Å². The quantitative estimate of drug-likeness (QED) is 0.814. The Morgan fingerprint density at radius 3 is 2.53 bits per heavy atom. The molecule has 2 rings (SSSR count). The molecule has 0 saturated carbocycles. The van der Waals surface area contributed by atoms with Gasteiger partial charge in [0.25, 0.3) is 5.56 Å². The predicted octanol–water partition coefficient (Wildman–Crippen LogP) is 2.36. The van der Waals surface area contributed by atoms with Gasteiger partial charge in [-0.15, -0.1) is 0 Å². The third-order valence-corrected chi connectivity index (χ3v) is 2.43. The van der Waals surface area contributed by atoms with E-state index in [-0.39, 0.29) is 11.4 Å². The van der Waals surface area contributed by atoms with Crippen LogP contribution in [0.15, 0.2) is 35.1 Å². The minimum absolute atomic E-state index is 0.0437. The minimum atomic E-state index is -0.424. The van der Waals surface area contributed by atoms with Crippen LogP contribution in [0.1, 0.15) is 11.3 Å². The van der Waals surface area contributed by atoms with Gasteiger partial charge >= 0.3 is 0 Å². The van der Waals surface area contributed by atoms with Gasteiger partial charge in [-0.1, -0.05) is 12.1 Å². The third-order valence-electron chi connectivity index (χ3n) is 2.43. The number of aryl methyl sites for hydroxylation is 1.